The summed E-state index contributed by atoms with van der Waals surface area (Å²) in [5, 5.41) is 11.2. The average molecular weight is 495 g/mol. The second-order valence-electron chi connectivity index (χ2n) is 9.44. The van der Waals surface area contributed by atoms with Crippen LogP contribution in [-0.2, 0) is 6.42 Å². The Hall–Kier alpha value is -3.97. The molecular weight excluding hydrogens is 464 g/mol. The predicted molar refractivity (Wildman–Crippen MR) is 142 cm³/mol. The standard InChI is InChI=1S/C30H30N4O3/c1-37-30-32-18-23(19-33-30)25-14-13-20(17-31-25)15-22-16-27(34-26-10-4-3-9-24(22)26)29(36)12-6-8-21-7-2-5-11-28(21)35/h3-4,6,8-10,13-14,16-19,21,28,35H,2,5,7,11-12,15H2,1H3/b8-6+/t21?,28-/m0/s1. The number of hydrogen-bond donors (Lipinski definition) is 1. The lowest BCUT2D eigenvalue weighted by Gasteiger charge is -2.24. The minimum absolute atomic E-state index is 0.0264. The van der Waals surface area contributed by atoms with Crippen LogP contribution >= 0.6 is 0 Å². The van der Waals surface area contributed by atoms with Gasteiger partial charge in [-0.15, -0.1) is 0 Å². The summed E-state index contributed by atoms with van der Waals surface area (Å²) < 4.78 is 5.02. The maximum Gasteiger partial charge on any atom is 0.316 e. The number of hydrogen-bond acceptors (Lipinski definition) is 7. The van der Waals surface area contributed by atoms with Crippen molar-refractivity contribution < 1.29 is 14.6 Å². The molecule has 4 aromatic rings. The molecule has 0 radical (unpaired) electrons. The van der Waals surface area contributed by atoms with Crippen LogP contribution < -0.4 is 4.74 Å². The van der Waals surface area contributed by atoms with Crippen LogP contribution in [0.1, 0.15) is 53.7 Å². The van der Waals surface area contributed by atoms with Crippen LogP contribution in [0.4, 0.5) is 0 Å². The van der Waals surface area contributed by atoms with E-state index in [4.69, 9.17) is 4.74 Å². The van der Waals surface area contributed by atoms with E-state index < -0.39 is 0 Å². The zero-order chi connectivity index (χ0) is 25.6. The second kappa shape index (κ2) is 11.4. The number of para-hydroxylation sites is 1. The lowest BCUT2D eigenvalue weighted by atomic mass is 9.86. The number of allylic oxidation sites excluding steroid dienone is 1. The van der Waals surface area contributed by atoms with Crippen LogP contribution in [0.3, 0.4) is 0 Å². The van der Waals surface area contributed by atoms with E-state index in [9.17, 15) is 9.90 Å². The Kier molecular flexibility index (Phi) is 7.61. The van der Waals surface area contributed by atoms with E-state index >= 15 is 0 Å². The molecule has 1 aliphatic rings. The highest BCUT2D eigenvalue weighted by Gasteiger charge is 2.20. The number of nitrogens with zero attached hydrogens (tertiary/aromatic N) is 4. The van der Waals surface area contributed by atoms with Gasteiger partial charge in [-0.05, 0) is 48.6 Å². The average Bonchev–Trinajstić information content (AvgIpc) is 2.94. The normalized spacial score (nSPS) is 17.8. The molecule has 0 aliphatic heterocycles. The third-order valence-corrected chi connectivity index (χ3v) is 6.88. The number of carbonyl (C=O) groups excluding carboxylic acids is 1. The highest BCUT2D eigenvalue weighted by Crippen LogP contribution is 2.26. The van der Waals surface area contributed by atoms with Crippen LogP contribution in [0.15, 0.2) is 73.2 Å². The lowest BCUT2D eigenvalue weighted by Crippen LogP contribution is -2.22. The zero-order valence-electron chi connectivity index (χ0n) is 20.9. The topological polar surface area (TPSA) is 98.1 Å². The Bertz CT molecular complexity index is 1400. The number of carbonyl (C=O) groups is 1. The number of aliphatic hydroxyl groups is 1. The van der Waals surface area contributed by atoms with Gasteiger partial charge >= 0.3 is 6.01 Å². The molecule has 1 aliphatic carbocycles. The summed E-state index contributed by atoms with van der Waals surface area (Å²) >= 11 is 0. The molecule has 3 heterocycles. The Morgan fingerprint density at radius 3 is 2.62 bits per heavy atom. The number of benzene rings is 1. The Morgan fingerprint density at radius 1 is 1.05 bits per heavy atom. The van der Waals surface area contributed by atoms with Gasteiger partial charge in [-0.3, -0.25) is 9.78 Å². The molecule has 0 bridgehead atoms. The second-order valence-corrected chi connectivity index (χ2v) is 9.44. The molecule has 0 amide bonds. The van der Waals surface area contributed by atoms with E-state index in [-0.39, 0.29) is 24.2 Å². The van der Waals surface area contributed by atoms with Crippen molar-refractivity contribution in [2.45, 2.75) is 44.6 Å². The first-order valence-corrected chi connectivity index (χ1v) is 12.7. The molecule has 188 valence electrons. The fourth-order valence-corrected chi connectivity index (χ4v) is 4.83. The fourth-order valence-electron chi connectivity index (χ4n) is 4.83. The summed E-state index contributed by atoms with van der Waals surface area (Å²) in [5.74, 6) is 0.114. The van der Waals surface area contributed by atoms with Crippen molar-refractivity contribution in [1.82, 2.24) is 19.9 Å². The number of Topliss-reactive ketones (excluding diaryl/α,β-unsaturated/α-hetero) is 1. The van der Waals surface area contributed by atoms with Crippen LogP contribution in [0.25, 0.3) is 22.2 Å². The molecule has 37 heavy (non-hydrogen) atoms. The highest BCUT2D eigenvalue weighted by atomic mass is 16.5. The number of aromatic nitrogens is 4. The number of rotatable bonds is 8. The molecule has 1 saturated carbocycles. The quantitative estimate of drug-likeness (QED) is 0.260. The van der Waals surface area contributed by atoms with Crippen molar-refractivity contribution in [2.75, 3.05) is 7.11 Å². The summed E-state index contributed by atoms with van der Waals surface area (Å²) in [4.78, 5) is 30.6. The largest absolute Gasteiger partial charge is 0.467 e. The van der Waals surface area contributed by atoms with Crippen molar-refractivity contribution in [3.8, 4) is 17.3 Å². The number of ether oxygens (including phenoxy) is 1. The predicted octanol–water partition coefficient (Wildman–Crippen LogP) is 5.37. The molecule has 3 aromatic heterocycles. The molecule has 1 N–H and O–H groups in total. The minimum atomic E-state index is -0.303. The monoisotopic (exact) mass is 494 g/mol. The van der Waals surface area contributed by atoms with Crippen molar-refractivity contribution in [1.29, 1.82) is 0 Å². The number of ketones is 1. The maximum absolute atomic E-state index is 13.1. The van der Waals surface area contributed by atoms with Crippen LogP contribution in [-0.4, -0.2) is 44.0 Å². The molecule has 7 heteroatoms. The number of fused-ring (bicyclic) bond motifs is 1. The van der Waals surface area contributed by atoms with Crippen LogP contribution in [0.5, 0.6) is 6.01 Å². The van der Waals surface area contributed by atoms with E-state index in [1.807, 2.05) is 60.8 Å². The Labute approximate surface area is 216 Å². The van der Waals surface area contributed by atoms with Gasteiger partial charge in [0.25, 0.3) is 0 Å². The molecule has 5 rings (SSSR count). The van der Waals surface area contributed by atoms with Gasteiger partial charge in [0.05, 0.1) is 24.4 Å². The van der Waals surface area contributed by atoms with Gasteiger partial charge in [0, 0.05) is 41.9 Å². The number of methoxy groups -OCH3 is 1. The molecule has 1 aromatic carbocycles. The first-order valence-electron chi connectivity index (χ1n) is 12.7. The Balaban J connectivity index is 1.34. The van der Waals surface area contributed by atoms with Gasteiger partial charge in [-0.2, -0.15) is 0 Å². The summed E-state index contributed by atoms with van der Waals surface area (Å²) in [6.07, 6.45) is 13.7. The molecule has 1 fully saturated rings. The van der Waals surface area contributed by atoms with Crippen molar-refractivity contribution in [2.24, 2.45) is 5.92 Å². The minimum Gasteiger partial charge on any atom is -0.467 e. The van der Waals surface area contributed by atoms with E-state index in [1.54, 1.807) is 12.4 Å². The Morgan fingerprint density at radius 2 is 1.86 bits per heavy atom. The lowest BCUT2D eigenvalue weighted by molar-refractivity contribution is 0.0920. The van der Waals surface area contributed by atoms with Crippen LogP contribution in [0, 0.1) is 5.92 Å². The maximum atomic E-state index is 13.1. The van der Waals surface area contributed by atoms with Gasteiger partial charge < -0.3 is 9.84 Å². The molecule has 1 unspecified atom stereocenters. The molecule has 0 saturated heterocycles. The van der Waals surface area contributed by atoms with Gasteiger partial charge in [0.2, 0.25) is 0 Å². The van der Waals surface area contributed by atoms with Gasteiger partial charge in [0.15, 0.2) is 5.78 Å². The first-order chi connectivity index (χ1) is 18.1. The molecule has 7 nitrogen and oxygen atoms in total. The fraction of sp³-hybridized carbons (Fsp3) is 0.300. The van der Waals surface area contributed by atoms with Crippen molar-refractivity contribution in [3.63, 3.8) is 0 Å². The summed E-state index contributed by atoms with van der Waals surface area (Å²) in [6, 6.07) is 14.1. The van der Waals surface area contributed by atoms with Crippen molar-refractivity contribution in [3.05, 3.63) is 90.0 Å². The smallest absolute Gasteiger partial charge is 0.316 e. The third-order valence-electron chi connectivity index (χ3n) is 6.88. The third kappa shape index (κ3) is 5.89. The zero-order valence-corrected chi connectivity index (χ0v) is 20.9. The number of aliphatic hydroxyl groups excluding tert-OH is 1. The summed E-state index contributed by atoms with van der Waals surface area (Å²) in [6.45, 7) is 0. The summed E-state index contributed by atoms with van der Waals surface area (Å²) in [7, 11) is 1.53. The van der Waals surface area contributed by atoms with E-state index in [0.717, 1.165) is 59.0 Å². The first kappa shape index (κ1) is 24.7. The van der Waals surface area contributed by atoms with E-state index in [2.05, 4.69) is 19.9 Å². The van der Waals surface area contributed by atoms with Crippen molar-refractivity contribution >= 4 is 16.7 Å². The van der Waals surface area contributed by atoms with E-state index in [1.165, 1.54) is 7.11 Å². The van der Waals surface area contributed by atoms with Gasteiger partial charge in [-0.25, -0.2) is 15.0 Å². The summed E-state index contributed by atoms with van der Waals surface area (Å²) in [5.41, 5.74) is 4.90. The SMILES string of the molecule is COc1ncc(-c2ccc(Cc3cc(C(=O)C/C=C/C4CCCC[C@@H]4O)nc4ccccc34)cn2)cn1. The van der Waals surface area contributed by atoms with Gasteiger partial charge in [0.1, 0.15) is 5.69 Å². The molecule has 2 atom stereocenters. The van der Waals surface area contributed by atoms with Crippen LogP contribution in [0.2, 0.25) is 0 Å². The molecular formula is C30H30N4O3. The van der Waals surface area contributed by atoms with E-state index in [0.29, 0.717) is 18.1 Å². The molecule has 0 spiro atoms. The van der Waals surface area contributed by atoms with Gasteiger partial charge in [-0.1, -0.05) is 49.3 Å². The highest BCUT2D eigenvalue weighted by molar-refractivity contribution is 5.98. The number of pyridine rings is 2.